The zero-order valence-corrected chi connectivity index (χ0v) is 10.6. The highest BCUT2D eigenvalue weighted by Crippen LogP contribution is 2.44. The molecule has 0 radical (unpaired) electrons. The quantitative estimate of drug-likeness (QED) is 0.776. The Morgan fingerprint density at radius 1 is 1.59 bits per heavy atom. The van der Waals surface area contributed by atoms with Gasteiger partial charge in [-0.2, -0.15) is 0 Å². The van der Waals surface area contributed by atoms with Crippen molar-refractivity contribution in [2.24, 2.45) is 5.41 Å². The van der Waals surface area contributed by atoms with Crippen LogP contribution in [0.1, 0.15) is 23.2 Å². The molecule has 0 spiro atoms. The molecule has 1 aromatic rings. The molecule has 1 aliphatic rings. The molecule has 1 heterocycles. The van der Waals surface area contributed by atoms with Crippen molar-refractivity contribution < 1.29 is 9.90 Å². The number of pyridine rings is 1. The van der Waals surface area contributed by atoms with Gasteiger partial charge in [-0.05, 0) is 31.2 Å². The van der Waals surface area contributed by atoms with E-state index in [1.807, 2.05) is 12.3 Å². The van der Waals surface area contributed by atoms with Gasteiger partial charge in [-0.25, -0.2) is 4.98 Å². The van der Waals surface area contributed by atoms with Crippen LogP contribution in [0.15, 0.2) is 23.4 Å². The van der Waals surface area contributed by atoms with E-state index in [0.29, 0.717) is 12.1 Å². The lowest BCUT2D eigenvalue weighted by Crippen LogP contribution is -2.31. The first-order chi connectivity index (χ1) is 8.19. The van der Waals surface area contributed by atoms with Gasteiger partial charge in [0.2, 0.25) is 0 Å². The summed E-state index contributed by atoms with van der Waals surface area (Å²) in [5, 5.41) is 12.9. The molecule has 0 saturated heterocycles. The second kappa shape index (κ2) is 5.06. The fraction of sp³-hybridized carbons (Fsp3) is 0.500. The average Bonchev–Trinajstić information content (AvgIpc) is 3.17. The zero-order valence-electron chi connectivity index (χ0n) is 9.77. The smallest absolute Gasteiger partial charge is 0.252 e. The van der Waals surface area contributed by atoms with Crippen LogP contribution in [0.4, 0.5) is 0 Å². The van der Waals surface area contributed by atoms with Crippen LogP contribution < -0.4 is 5.32 Å². The normalized spacial score (nSPS) is 16.6. The Bertz CT molecular complexity index is 401. The van der Waals surface area contributed by atoms with E-state index < -0.39 is 0 Å². The topological polar surface area (TPSA) is 62.2 Å². The van der Waals surface area contributed by atoms with Gasteiger partial charge in [0.05, 0.1) is 17.2 Å². The fourth-order valence-electron chi connectivity index (χ4n) is 1.57. The number of hydrogen-bond donors (Lipinski definition) is 2. The van der Waals surface area contributed by atoms with Gasteiger partial charge >= 0.3 is 0 Å². The van der Waals surface area contributed by atoms with Gasteiger partial charge < -0.3 is 10.4 Å². The maximum absolute atomic E-state index is 11.8. The van der Waals surface area contributed by atoms with Crippen molar-refractivity contribution in [3.63, 3.8) is 0 Å². The Labute approximate surface area is 105 Å². The molecular formula is C12H16N2O2S. The molecule has 0 aromatic carbocycles. The van der Waals surface area contributed by atoms with Gasteiger partial charge in [0.15, 0.2) is 0 Å². The average molecular weight is 252 g/mol. The summed E-state index contributed by atoms with van der Waals surface area (Å²) in [4.78, 5) is 15.9. The highest BCUT2D eigenvalue weighted by molar-refractivity contribution is 7.98. The van der Waals surface area contributed by atoms with Crippen molar-refractivity contribution in [3.05, 3.63) is 23.9 Å². The number of nitrogens with one attached hydrogen (secondary N) is 1. The van der Waals surface area contributed by atoms with Gasteiger partial charge in [-0.15, -0.1) is 11.8 Å². The number of hydrogen-bond acceptors (Lipinski definition) is 4. The summed E-state index contributed by atoms with van der Waals surface area (Å²) in [6.07, 6.45) is 5.51. The molecule has 1 fully saturated rings. The molecule has 0 aliphatic heterocycles. The number of amides is 1. The van der Waals surface area contributed by atoms with E-state index >= 15 is 0 Å². The summed E-state index contributed by atoms with van der Waals surface area (Å²) >= 11 is 1.54. The largest absolute Gasteiger partial charge is 0.396 e. The lowest BCUT2D eigenvalue weighted by atomic mass is 10.1. The molecule has 0 bridgehead atoms. The van der Waals surface area contributed by atoms with Gasteiger partial charge in [0.25, 0.3) is 5.91 Å². The van der Waals surface area contributed by atoms with Crippen molar-refractivity contribution in [1.29, 1.82) is 0 Å². The highest BCUT2D eigenvalue weighted by atomic mass is 32.2. The van der Waals surface area contributed by atoms with Gasteiger partial charge in [-0.1, -0.05) is 0 Å². The van der Waals surface area contributed by atoms with Crippen LogP contribution in [0.3, 0.4) is 0 Å². The van der Waals surface area contributed by atoms with E-state index in [-0.39, 0.29) is 17.9 Å². The summed E-state index contributed by atoms with van der Waals surface area (Å²) in [6, 6.07) is 3.60. The van der Waals surface area contributed by atoms with Crippen LogP contribution in [0.25, 0.3) is 0 Å². The molecule has 4 nitrogen and oxygen atoms in total. The highest BCUT2D eigenvalue weighted by Gasteiger charge is 2.42. The first-order valence-electron chi connectivity index (χ1n) is 5.58. The number of aliphatic hydroxyl groups excluding tert-OH is 1. The van der Waals surface area contributed by atoms with Gasteiger partial charge in [0, 0.05) is 18.2 Å². The van der Waals surface area contributed by atoms with E-state index in [2.05, 4.69) is 10.3 Å². The van der Waals surface area contributed by atoms with Crippen LogP contribution in [0, 0.1) is 5.41 Å². The molecule has 2 rings (SSSR count). The van der Waals surface area contributed by atoms with Crippen molar-refractivity contribution in [3.8, 4) is 0 Å². The minimum Gasteiger partial charge on any atom is -0.396 e. The fourth-order valence-corrected chi connectivity index (χ4v) is 1.94. The second-order valence-corrected chi connectivity index (χ2v) is 5.26. The van der Waals surface area contributed by atoms with E-state index in [4.69, 9.17) is 5.11 Å². The van der Waals surface area contributed by atoms with Crippen molar-refractivity contribution in [2.75, 3.05) is 19.4 Å². The van der Waals surface area contributed by atoms with Crippen LogP contribution in [-0.4, -0.2) is 35.4 Å². The summed E-state index contributed by atoms with van der Waals surface area (Å²) in [7, 11) is 0. The zero-order chi connectivity index (χ0) is 12.3. The number of nitrogens with zero attached hydrogens (tertiary/aromatic N) is 1. The standard InChI is InChI=1S/C12H16N2O2S/c1-17-10-3-2-9(6-13-10)11(16)14-7-12(8-15)4-5-12/h2-3,6,15H,4-5,7-8H2,1H3,(H,14,16). The monoisotopic (exact) mass is 252 g/mol. The number of aliphatic hydroxyl groups is 1. The van der Waals surface area contributed by atoms with Crippen molar-refractivity contribution >= 4 is 17.7 Å². The maximum Gasteiger partial charge on any atom is 0.252 e. The van der Waals surface area contributed by atoms with E-state index in [0.717, 1.165) is 17.9 Å². The van der Waals surface area contributed by atoms with Gasteiger partial charge in [0.1, 0.15) is 0 Å². The molecule has 2 N–H and O–H groups in total. The Kier molecular flexibility index (Phi) is 3.69. The molecule has 1 amide bonds. The third-order valence-electron chi connectivity index (χ3n) is 3.12. The number of carbonyl (C=O) groups excluding carboxylic acids is 1. The Morgan fingerprint density at radius 2 is 2.35 bits per heavy atom. The minimum absolute atomic E-state index is 0.0533. The summed E-state index contributed by atoms with van der Waals surface area (Å²) in [6.45, 7) is 0.698. The molecular weight excluding hydrogens is 236 g/mol. The molecule has 1 aromatic heterocycles. The van der Waals surface area contributed by atoms with E-state index in [9.17, 15) is 4.79 Å². The Balaban J connectivity index is 1.90. The van der Waals surface area contributed by atoms with Crippen LogP contribution in [0.5, 0.6) is 0 Å². The number of thioether (sulfide) groups is 1. The third kappa shape index (κ3) is 2.98. The second-order valence-electron chi connectivity index (χ2n) is 4.43. The van der Waals surface area contributed by atoms with Crippen LogP contribution >= 0.6 is 11.8 Å². The number of aromatic nitrogens is 1. The Hall–Kier alpha value is -1.07. The van der Waals surface area contributed by atoms with Crippen LogP contribution in [0.2, 0.25) is 0 Å². The first-order valence-corrected chi connectivity index (χ1v) is 6.81. The van der Waals surface area contributed by atoms with E-state index in [1.165, 1.54) is 0 Å². The van der Waals surface area contributed by atoms with Crippen molar-refractivity contribution in [2.45, 2.75) is 17.9 Å². The predicted molar refractivity (Wildman–Crippen MR) is 67.1 cm³/mol. The lowest BCUT2D eigenvalue weighted by molar-refractivity contribution is 0.0934. The third-order valence-corrected chi connectivity index (χ3v) is 3.78. The van der Waals surface area contributed by atoms with E-state index in [1.54, 1.807) is 24.0 Å². The van der Waals surface area contributed by atoms with Crippen molar-refractivity contribution in [1.82, 2.24) is 10.3 Å². The number of rotatable bonds is 5. The molecule has 5 heteroatoms. The van der Waals surface area contributed by atoms with Crippen LogP contribution in [-0.2, 0) is 0 Å². The SMILES string of the molecule is CSc1ccc(C(=O)NCC2(CO)CC2)cn1. The first kappa shape index (κ1) is 12.4. The van der Waals surface area contributed by atoms with Gasteiger partial charge in [-0.3, -0.25) is 4.79 Å². The molecule has 92 valence electrons. The summed E-state index contributed by atoms with van der Waals surface area (Å²) < 4.78 is 0. The Morgan fingerprint density at radius 3 is 2.82 bits per heavy atom. The lowest BCUT2D eigenvalue weighted by Gasteiger charge is -2.12. The summed E-state index contributed by atoms with van der Waals surface area (Å²) in [5.74, 6) is -0.120. The molecule has 1 aliphatic carbocycles. The minimum atomic E-state index is -0.120. The molecule has 0 unspecified atom stereocenters. The maximum atomic E-state index is 11.8. The molecule has 1 saturated carbocycles. The predicted octanol–water partition coefficient (Wildman–Crippen LogP) is 1.31. The number of carbonyl (C=O) groups is 1. The molecule has 0 atom stereocenters. The summed E-state index contributed by atoms with van der Waals surface area (Å²) in [5.41, 5.74) is 0.513. The molecule has 17 heavy (non-hydrogen) atoms.